The van der Waals surface area contributed by atoms with Crippen molar-refractivity contribution >= 4 is 29.4 Å². The Balaban J connectivity index is 1.92. The van der Waals surface area contributed by atoms with Crippen LogP contribution in [0.5, 0.6) is 0 Å². The highest BCUT2D eigenvalue weighted by atomic mass is 35.5. The molecule has 1 aliphatic rings. The first kappa shape index (κ1) is 17.5. The van der Waals surface area contributed by atoms with Gasteiger partial charge in [0.2, 0.25) is 0 Å². The maximum Gasteiger partial charge on any atom is 0.434 e. The molecule has 0 aliphatic heterocycles. The van der Waals surface area contributed by atoms with Gasteiger partial charge in [0.25, 0.3) is 0 Å². The third-order valence-corrected chi connectivity index (χ3v) is 4.17. The number of nitrogens with zero attached hydrogens (tertiary/aromatic N) is 1. The summed E-state index contributed by atoms with van der Waals surface area (Å²) in [5, 5.41) is 9.77. The smallest absolute Gasteiger partial charge is 0.434 e. The van der Waals surface area contributed by atoms with Gasteiger partial charge in [-0.1, -0.05) is 55.8 Å². The Morgan fingerprint density at radius 1 is 1.26 bits per heavy atom. The first-order chi connectivity index (χ1) is 11.0. The van der Waals surface area contributed by atoms with Crippen LogP contribution in [-0.2, 0) is 16.1 Å². The predicted molar refractivity (Wildman–Crippen MR) is 87.9 cm³/mol. The molecule has 0 saturated heterocycles. The summed E-state index contributed by atoms with van der Waals surface area (Å²) in [7, 11) is 0. The van der Waals surface area contributed by atoms with E-state index >= 15 is 0 Å². The zero-order valence-corrected chi connectivity index (χ0v) is 13.6. The summed E-state index contributed by atoms with van der Waals surface area (Å²) in [4.78, 5) is 26.7. The maximum atomic E-state index is 11.8. The molecule has 0 bridgehead atoms. The number of aliphatic carboxylic acids is 1. The molecule has 1 saturated carbocycles. The SMILES string of the molecule is O=C(/N=C(\CC1CCCCC1)C(=O)O)OCc1cccc(Cl)c1. The summed E-state index contributed by atoms with van der Waals surface area (Å²) in [5.41, 5.74) is 0.609. The van der Waals surface area contributed by atoms with Gasteiger partial charge in [-0.2, -0.15) is 4.99 Å². The van der Waals surface area contributed by atoms with Gasteiger partial charge in [0, 0.05) is 11.4 Å². The molecule has 0 unspecified atom stereocenters. The van der Waals surface area contributed by atoms with Crippen molar-refractivity contribution in [1.29, 1.82) is 0 Å². The van der Waals surface area contributed by atoms with E-state index in [0.29, 0.717) is 17.4 Å². The molecule has 0 atom stereocenters. The molecule has 5 nitrogen and oxygen atoms in total. The first-order valence-corrected chi connectivity index (χ1v) is 8.14. The van der Waals surface area contributed by atoms with Crippen LogP contribution in [0, 0.1) is 5.92 Å². The molecule has 1 fully saturated rings. The molecule has 1 aromatic rings. The van der Waals surface area contributed by atoms with Gasteiger partial charge in [-0.05, 0) is 23.6 Å². The highest BCUT2D eigenvalue weighted by molar-refractivity contribution is 6.37. The number of aliphatic imine (C=N–C) groups is 1. The normalized spacial score (nSPS) is 16.1. The van der Waals surface area contributed by atoms with Crippen LogP contribution in [0.1, 0.15) is 44.1 Å². The fraction of sp³-hybridized carbons (Fsp3) is 0.471. The molecular weight excluding hydrogens is 318 g/mol. The van der Waals surface area contributed by atoms with E-state index in [0.717, 1.165) is 31.2 Å². The lowest BCUT2D eigenvalue weighted by atomic mass is 9.85. The number of carbonyl (C=O) groups excluding carboxylic acids is 1. The van der Waals surface area contributed by atoms with Gasteiger partial charge in [0.15, 0.2) is 0 Å². The van der Waals surface area contributed by atoms with E-state index in [-0.39, 0.29) is 12.3 Å². The average Bonchev–Trinajstić information content (AvgIpc) is 2.53. The van der Waals surface area contributed by atoms with Crippen LogP contribution in [0.2, 0.25) is 5.02 Å². The Morgan fingerprint density at radius 2 is 2.00 bits per heavy atom. The topological polar surface area (TPSA) is 76.0 Å². The summed E-state index contributed by atoms with van der Waals surface area (Å²) in [6.45, 7) is 0.0131. The number of carboxylic acid groups (broad SMARTS) is 1. The zero-order chi connectivity index (χ0) is 16.7. The molecular formula is C17H20ClNO4. The molecule has 0 aromatic heterocycles. The van der Waals surface area contributed by atoms with Gasteiger partial charge in [-0.15, -0.1) is 0 Å². The van der Waals surface area contributed by atoms with Crippen molar-refractivity contribution in [1.82, 2.24) is 0 Å². The van der Waals surface area contributed by atoms with Crippen LogP contribution in [0.4, 0.5) is 4.79 Å². The van der Waals surface area contributed by atoms with E-state index < -0.39 is 12.1 Å². The number of carbonyl (C=O) groups is 2. The molecule has 1 aliphatic carbocycles. The molecule has 1 N–H and O–H groups in total. The molecule has 2 rings (SSSR count). The Labute approximate surface area is 140 Å². The minimum Gasteiger partial charge on any atom is -0.477 e. The number of hydrogen-bond donors (Lipinski definition) is 1. The Bertz CT molecular complexity index is 594. The highest BCUT2D eigenvalue weighted by Crippen LogP contribution is 2.26. The van der Waals surface area contributed by atoms with Crippen LogP contribution >= 0.6 is 11.6 Å². The van der Waals surface area contributed by atoms with Crippen LogP contribution < -0.4 is 0 Å². The first-order valence-electron chi connectivity index (χ1n) is 7.76. The van der Waals surface area contributed by atoms with Gasteiger partial charge < -0.3 is 9.84 Å². The van der Waals surface area contributed by atoms with Gasteiger partial charge in [0.05, 0.1) is 0 Å². The van der Waals surface area contributed by atoms with E-state index in [1.54, 1.807) is 24.3 Å². The second-order valence-corrected chi connectivity index (χ2v) is 6.19. The van der Waals surface area contributed by atoms with E-state index in [1.165, 1.54) is 6.42 Å². The van der Waals surface area contributed by atoms with Crippen molar-refractivity contribution in [2.45, 2.75) is 45.1 Å². The fourth-order valence-corrected chi connectivity index (χ4v) is 2.97. The predicted octanol–water partition coefficient (Wildman–Crippen LogP) is 4.47. The highest BCUT2D eigenvalue weighted by Gasteiger charge is 2.21. The standard InChI is InChI=1S/C17H20ClNO4/c18-14-8-4-7-13(9-14)11-23-17(22)19-15(16(20)21)10-12-5-2-1-3-6-12/h4,7-9,12H,1-3,5-6,10-11H2,(H,20,21)/b19-15+. The number of halogens is 1. The van der Waals surface area contributed by atoms with Crippen molar-refractivity contribution in [3.8, 4) is 0 Å². The number of hydrogen-bond acceptors (Lipinski definition) is 3. The number of carboxylic acids is 1. The molecule has 124 valence electrons. The third kappa shape index (κ3) is 6.02. The maximum absolute atomic E-state index is 11.8. The summed E-state index contributed by atoms with van der Waals surface area (Å²) in [6, 6.07) is 6.92. The van der Waals surface area contributed by atoms with Crippen LogP contribution in [0.15, 0.2) is 29.3 Å². The molecule has 1 amide bonds. The van der Waals surface area contributed by atoms with E-state index in [1.807, 2.05) is 0 Å². The monoisotopic (exact) mass is 337 g/mol. The lowest BCUT2D eigenvalue weighted by molar-refractivity contribution is -0.129. The van der Waals surface area contributed by atoms with E-state index in [4.69, 9.17) is 16.3 Å². The van der Waals surface area contributed by atoms with Gasteiger partial charge >= 0.3 is 12.1 Å². The summed E-state index contributed by atoms with van der Waals surface area (Å²) in [5.74, 6) is -0.866. The zero-order valence-electron chi connectivity index (χ0n) is 12.8. The lowest BCUT2D eigenvalue weighted by Gasteiger charge is -2.20. The fourth-order valence-electron chi connectivity index (χ4n) is 2.76. The average molecular weight is 338 g/mol. The molecule has 0 heterocycles. The van der Waals surface area contributed by atoms with E-state index in [9.17, 15) is 14.7 Å². The quantitative estimate of drug-likeness (QED) is 0.804. The van der Waals surface area contributed by atoms with Crippen molar-refractivity contribution < 1.29 is 19.4 Å². The Morgan fingerprint density at radius 3 is 2.65 bits per heavy atom. The molecule has 0 spiro atoms. The summed E-state index contributed by atoms with van der Waals surface area (Å²) in [6.07, 6.45) is 4.83. The van der Waals surface area contributed by atoms with Crippen LogP contribution in [-0.4, -0.2) is 22.9 Å². The molecule has 0 radical (unpaired) electrons. The molecule has 6 heteroatoms. The number of amides is 1. The van der Waals surface area contributed by atoms with Crippen LogP contribution in [0.3, 0.4) is 0 Å². The number of rotatable bonds is 5. The summed E-state index contributed by atoms with van der Waals surface area (Å²) < 4.78 is 5.00. The minimum atomic E-state index is -1.16. The number of benzene rings is 1. The third-order valence-electron chi connectivity index (χ3n) is 3.93. The summed E-state index contributed by atoms with van der Waals surface area (Å²) >= 11 is 5.85. The molecule has 1 aromatic carbocycles. The molecule has 23 heavy (non-hydrogen) atoms. The second kappa shape index (κ2) is 8.67. The van der Waals surface area contributed by atoms with Gasteiger partial charge in [-0.3, -0.25) is 0 Å². The minimum absolute atomic E-state index is 0.0131. The van der Waals surface area contributed by atoms with Gasteiger partial charge in [0.1, 0.15) is 12.3 Å². The van der Waals surface area contributed by atoms with Crippen molar-refractivity contribution in [3.05, 3.63) is 34.9 Å². The van der Waals surface area contributed by atoms with Gasteiger partial charge in [-0.25, -0.2) is 9.59 Å². The van der Waals surface area contributed by atoms with Crippen molar-refractivity contribution in [3.63, 3.8) is 0 Å². The second-order valence-electron chi connectivity index (χ2n) is 5.76. The lowest BCUT2D eigenvalue weighted by Crippen LogP contribution is -2.21. The van der Waals surface area contributed by atoms with E-state index in [2.05, 4.69) is 4.99 Å². The van der Waals surface area contributed by atoms with Crippen molar-refractivity contribution in [2.24, 2.45) is 10.9 Å². The largest absolute Gasteiger partial charge is 0.477 e. The number of ether oxygens (including phenoxy) is 1. The Kier molecular flexibility index (Phi) is 6.59. The van der Waals surface area contributed by atoms with Crippen molar-refractivity contribution in [2.75, 3.05) is 0 Å². The Hall–Kier alpha value is -1.88. The van der Waals surface area contributed by atoms with Crippen LogP contribution in [0.25, 0.3) is 0 Å².